The van der Waals surface area contributed by atoms with Gasteiger partial charge < -0.3 is 15.2 Å². The summed E-state index contributed by atoms with van der Waals surface area (Å²) in [4.78, 5) is 9.04. The standard InChI is InChI=1S/C23H21N3O2S/c27-17-10-7-15(14-17)19-4-3-13-24-22(19)28-18-11-8-16(9-12-18)25-23-26-20-5-1-2-6-21(20)29-23/h1-6,8-9,11-13,15,17,27H,7,10,14H2,(H,25,26)/t15-,17+/m0/s1. The summed E-state index contributed by atoms with van der Waals surface area (Å²) in [5.41, 5.74) is 3.02. The molecule has 2 atom stereocenters. The van der Waals surface area contributed by atoms with Crippen LogP contribution in [0.5, 0.6) is 11.6 Å². The maximum absolute atomic E-state index is 9.87. The summed E-state index contributed by atoms with van der Waals surface area (Å²) in [6.45, 7) is 0. The predicted molar refractivity (Wildman–Crippen MR) is 116 cm³/mol. The monoisotopic (exact) mass is 403 g/mol. The van der Waals surface area contributed by atoms with Crippen LogP contribution in [-0.2, 0) is 0 Å². The van der Waals surface area contributed by atoms with Crippen LogP contribution in [-0.4, -0.2) is 21.2 Å². The van der Waals surface area contributed by atoms with Gasteiger partial charge in [0.1, 0.15) is 5.75 Å². The number of nitrogens with one attached hydrogen (secondary N) is 1. The van der Waals surface area contributed by atoms with E-state index in [4.69, 9.17) is 4.74 Å². The second-order valence-corrected chi connectivity index (χ2v) is 8.33. The Labute approximate surface area is 173 Å². The second-order valence-electron chi connectivity index (χ2n) is 7.30. The molecule has 146 valence electrons. The van der Waals surface area contributed by atoms with E-state index in [9.17, 15) is 5.11 Å². The van der Waals surface area contributed by atoms with Crippen molar-refractivity contribution in [2.75, 3.05) is 5.32 Å². The molecule has 2 heterocycles. The number of nitrogens with zero attached hydrogens (tertiary/aromatic N) is 2. The third-order valence-electron chi connectivity index (χ3n) is 5.26. The number of para-hydroxylation sites is 1. The molecule has 0 amide bonds. The normalized spacial score (nSPS) is 18.8. The van der Waals surface area contributed by atoms with Gasteiger partial charge in [-0.2, -0.15) is 0 Å². The van der Waals surface area contributed by atoms with Crippen LogP contribution >= 0.6 is 11.3 Å². The number of fused-ring (bicyclic) bond motifs is 1. The zero-order valence-electron chi connectivity index (χ0n) is 15.8. The highest BCUT2D eigenvalue weighted by atomic mass is 32.1. The summed E-state index contributed by atoms with van der Waals surface area (Å²) >= 11 is 1.63. The Hall–Kier alpha value is -2.96. The van der Waals surface area contributed by atoms with Crippen LogP contribution in [0.3, 0.4) is 0 Å². The topological polar surface area (TPSA) is 67.3 Å². The van der Waals surface area contributed by atoms with Crippen LogP contribution in [0.25, 0.3) is 10.2 Å². The number of aliphatic hydroxyl groups is 1. The van der Waals surface area contributed by atoms with Gasteiger partial charge in [-0.3, -0.25) is 0 Å². The number of hydrogen-bond donors (Lipinski definition) is 2. The molecule has 2 aromatic heterocycles. The van der Waals surface area contributed by atoms with E-state index < -0.39 is 0 Å². The van der Waals surface area contributed by atoms with Crippen molar-refractivity contribution in [2.45, 2.75) is 31.3 Å². The SMILES string of the molecule is O[C@@H]1CC[C@H](c2cccnc2Oc2ccc(Nc3nc4ccccc4s3)cc2)C1. The molecule has 2 aromatic carbocycles. The highest BCUT2D eigenvalue weighted by Gasteiger charge is 2.27. The fourth-order valence-electron chi connectivity index (χ4n) is 3.81. The van der Waals surface area contributed by atoms with Crippen molar-refractivity contribution in [2.24, 2.45) is 0 Å². The Morgan fingerprint density at radius 2 is 1.86 bits per heavy atom. The van der Waals surface area contributed by atoms with Gasteiger partial charge in [-0.05, 0) is 67.6 Å². The summed E-state index contributed by atoms with van der Waals surface area (Å²) in [5, 5.41) is 14.1. The lowest BCUT2D eigenvalue weighted by atomic mass is 9.99. The van der Waals surface area contributed by atoms with Gasteiger partial charge in [-0.1, -0.05) is 29.5 Å². The molecule has 1 aliphatic carbocycles. The average molecular weight is 404 g/mol. The Kier molecular flexibility index (Phi) is 4.87. The lowest BCUT2D eigenvalue weighted by molar-refractivity contribution is 0.181. The van der Waals surface area contributed by atoms with E-state index in [1.54, 1.807) is 17.5 Å². The number of anilines is 2. The van der Waals surface area contributed by atoms with Crippen molar-refractivity contribution in [3.8, 4) is 11.6 Å². The average Bonchev–Trinajstić information content (AvgIpc) is 3.35. The fraction of sp³-hybridized carbons (Fsp3) is 0.217. The summed E-state index contributed by atoms with van der Waals surface area (Å²) in [5.74, 6) is 1.66. The minimum Gasteiger partial charge on any atom is -0.439 e. The first-order valence-corrected chi connectivity index (χ1v) is 10.6. The Morgan fingerprint density at radius 3 is 2.66 bits per heavy atom. The van der Waals surface area contributed by atoms with Gasteiger partial charge in [-0.15, -0.1) is 0 Å². The number of benzene rings is 2. The Bertz CT molecular complexity index is 1090. The maximum atomic E-state index is 9.87. The molecule has 1 saturated carbocycles. The van der Waals surface area contributed by atoms with Crippen molar-refractivity contribution in [3.63, 3.8) is 0 Å². The number of ether oxygens (including phenoxy) is 1. The van der Waals surface area contributed by atoms with Gasteiger partial charge in [0.15, 0.2) is 5.13 Å². The van der Waals surface area contributed by atoms with E-state index in [0.717, 1.165) is 51.6 Å². The first-order chi connectivity index (χ1) is 14.2. The van der Waals surface area contributed by atoms with E-state index in [-0.39, 0.29) is 6.10 Å². The molecule has 0 radical (unpaired) electrons. The first-order valence-electron chi connectivity index (χ1n) is 9.78. The molecule has 2 N–H and O–H groups in total. The van der Waals surface area contributed by atoms with E-state index in [0.29, 0.717) is 11.8 Å². The van der Waals surface area contributed by atoms with Gasteiger partial charge in [0.2, 0.25) is 5.88 Å². The number of aromatic nitrogens is 2. The molecule has 5 rings (SSSR count). The number of rotatable bonds is 5. The summed E-state index contributed by atoms with van der Waals surface area (Å²) in [7, 11) is 0. The molecule has 0 aliphatic heterocycles. The van der Waals surface area contributed by atoms with Crippen molar-refractivity contribution < 1.29 is 9.84 Å². The fourth-order valence-corrected chi connectivity index (χ4v) is 4.69. The van der Waals surface area contributed by atoms with E-state index in [1.165, 1.54) is 0 Å². The van der Waals surface area contributed by atoms with Crippen LogP contribution in [0.1, 0.15) is 30.7 Å². The van der Waals surface area contributed by atoms with Crippen molar-refractivity contribution in [1.29, 1.82) is 0 Å². The number of hydrogen-bond acceptors (Lipinski definition) is 6. The highest BCUT2D eigenvalue weighted by molar-refractivity contribution is 7.22. The number of aliphatic hydroxyl groups excluding tert-OH is 1. The largest absolute Gasteiger partial charge is 0.439 e. The van der Waals surface area contributed by atoms with Crippen molar-refractivity contribution in [1.82, 2.24) is 9.97 Å². The van der Waals surface area contributed by atoms with Crippen LogP contribution in [0.4, 0.5) is 10.8 Å². The molecule has 0 unspecified atom stereocenters. The molecule has 4 aromatic rings. The smallest absolute Gasteiger partial charge is 0.222 e. The summed E-state index contributed by atoms with van der Waals surface area (Å²) < 4.78 is 7.24. The maximum Gasteiger partial charge on any atom is 0.222 e. The van der Waals surface area contributed by atoms with Gasteiger partial charge >= 0.3 is 0 Å². The highest BCUT2D eigenvalue weighted by Crippen LogP contribution is 2.39. The van der Waals surface area contributed by atoms with E-state index in [1.807, 2.05) is 54.6 Å². The molecular weight excluding hydrogens is 382 g/mol. The van der Waals surface area contributed by atoms with Crippen LogP contribution < -0.4 is 10.1 Å². The van der Waals surface area contributed by atoms with Crippen LogP contribution in [0.15, 0.2) is 66.9 Å². The lowest BCUT2D eigenvalue weighted by Gasteiger charge is -2.15. The molecule has 6 heteroatoms. The number of pyridine rings is 1. The molecule has 5 nitrogen and oxygen atoms in total. The molecule has 29 heavy (non-hydrogen) atoms. The van der Waals surface area contributed by atoms with Crippen molar-refractivity contribution >= 4 is 32.4 Å². The summed E-state index contributed by atoms with van der Waals surface area (Å²) in [6, 6.07) is 19.9. The molecule has 1 aliphatic rings. The number of thiazole rings is 1. The summed E-state index contributed by atoms with van der Waals surface area (Å²) in [6.07, 6.45) is 4.10. The van der Waals surface area contributed by atoms with E-state index >= 15 is 0 Å². The zero-order valence-corrected chi connectivity index (χ0v) is 16.6. The van der Waals surface area contributed by atoms with Crippen LogP contribution in [0.2, 0.25) is 0 Å². The predicted octanol–water partition coefficient (Wildman–Crippen LogP) is 5.86. The lowest BCUT2D eigenvalue weighted by Crippen LogP contribution is -2.02. The zero-order chi connectivity index (χ0) is 19.6. The molecule has 0 saturated heterocycles. The third kappa shape index (κ3) is 3.95. The minimum absolute atomic E-state index is 0.221. The molecule has 0 spiro atoms. The van der Waals surface area contributed by atoms with Crippen LogP contribution in [0, 0.1) is 0 Å². The third-order valence-corrected chi connectivity index (χ3v) is 6.21. The molecule has 0 bridgehead atoms. The molecule has 1 fully saturated rings. The van der Waals surface area contributed by atoms with Gasteiger partial charge in [0.25, 0.3) is 0 Å². The van der Waals surface area contributed by atoms with E-state index in [2.05, 4.69) is 21.4 Å². The first kappa shape index (κ1) is 18.1. The van der Waals surface area contributed by atoms with Gasteiger partial charge in [-0.25, -0.2) is 9.97 Å². The quantitative estimate of drug-likeness (QED) is 0.437. The minimum atomic E-state index is -0.221. The Balaban J connectivity index is 1.31. The molecular formula is C23H21N3O2S. The van der Waals surface area contributed by atoms with Crippen molar-refractivity contribution in [3.05, 3.63) is 72.4 Å². The second kappa shape index (κ2) is 7.81. The van der Waals surface area contributed by atoms with Gasteiger partial charge in [0, 0.05) is 17.4 Å². The Morgan fingerprint density at radius 1 is 1.00 bits per heavy atom. The van der Waals surface area contributed by atoms with Gasteiger partial charge in [0.05, 0.1) is 16.3 Å².